The zero-order valence-electron chi connectivity index (χ0n) is 18.3. The Morgan fingerprint density at radius 1 is 0.939 bits per heavy atom. The first-order chi connectivity index (χ1) is 15.9. The molecular formula is C22H23N7O3S. The standard InChI is InChI=1S/C22H23N7O3S/c1-16-7-8-29(26-16)22-13-21(23-15-24-22)27-9-11-28(12-10-27)33(30,31)19-5-3-18(4-6-19)20-14-32-17(2)25-20/h3-8,13-15H,9-12H2,1-2H3. The normalized spacial score (nSPS) is 15.2. The Morgan fingerprint density at radius 2 is 1.67 bits per heavy atom. The van der Waals surface area contributed by atoms with Gasteiger partial charge in [0.2, 0.25) is 10.0 Å². The molecule has 1 fully saturated rings. The molecule has 11 heteroatoms. The Morgan fingerprint density at radius 3 is 2.30 bits per heavy atom. The number of rotatable bonds is 5. The molecule has 1 aromatic carbocycles. The molecule has 0 radical (unpaired) electrons. The lowest BCUT2D eigenvalue weighted by molar-refractivity contribution is 0.383. The maximum absolute atomic E-state index is 13.2. The molecule has 5 rings (SSSR count). The summed E-state index contributed by atoms with van der Waals surface area (Å²) in [6, 6.07) is 10.5. The summed E-state index contributed by atoms with van der Waals surface area (Å²) in [5.41, 5.74) is 2.39. The molecule has 1 aliphatic heterocycles. The van der Waals surface area contributed by atoms with E-state index in [1.165, 1.54) is 10.6 Å². The zero-order chi connectivity index (χ0) is 23.0. The highest BCUT2D eigenvalue weighted by atomic mass is 32.2. The Balaban J connectivity index is 1.28. The van der Waals surface area contributed by atoms with Gasteiger partial charge >= 0.3 is 0 Å². The van der Waals surface area contributed by atoms with Crippen LogP contribution in [0, 0.1) is 13.8 Å². The van der Waals surface area contributed by atoms with E-state index in [1.54, 1.807) is 42.1 Å². The van der Waals surface area contributed by atoms with Gasteiger partial charge in [-0.25, -0.2) is 28.1 Å². The number of hydrogen-bond acceptors (Lipinski definition) is 8. The van der Waals surface area contributed by atoms with Crippen LogP contribution in [-0.4, -0.2) is 63.6 Å². The SMILES string of the molecule is Cc1ccn(-c2cc(N3CCN(S(=O)(=O)c4ccc(-c5coc(C)n5)cc4)CC3)ncn2)n1. The van der Waals surface area contributed by atoms with E-state index >= 15 is 0 Å². The Kier molecular flexibility index (Phi) is 5.43. The molecule has 33 heavy (non-hydrogen) atoms. The minimum Gasteiger partial charge on any atom is -0.449 e. The largest absolute Gasteiger partial charge is 0.449 e. The van der Waals surface area contributed by atoms with Gasteiger partial charge in [-0.3, -0.25) is 0 Å². The predicted molar refractivity (Wildman–Crippen MR) is 122 cm³/mol. The molecule has 1 saturated heterocycles. The minimum absolute atomic E-state index is 0.262. The average Bonchev–Trinajstić information content (AvgIpc) is 3.48. The maximum Gasteiger partial charge on any atom is 0.243 e. The Hall–Kier alpha value is -3.57. The summed E-state index contributed by atoms with van der Waals surface area (Å²) in [4.78, 5) is 15.3. The van der Waals surface area contributed by atoms with Gasteiger partial charge < -0.3 is 9.32 Å². The van der Waals surface area contributed by atoms with E-state index in [2.05, 4.69) is 25.0 Å². The second-order valence-corrected chi connectivity index (χ2v) is 9.74. The molecular weight excluding hydrogens is 442 g/mol. The van der Waals surface area contributed by atoms with Crippen LogP contribution in [-0.2, 0) is 10.0 Å². The lowest BCUT2D eigenvalue weighted by atomic mass is 10.2. The van der Waals surface area contributed by atoms with Crippen molar-refractivity contribution in [1.29, 1.82) is 0 Å². The number of nitrogens with zero attached hydrogens (tertiary/aromatic N) is 7. The molecule has 1 aliphatic rings. The minimum atomic E-state index is -3.59. The van der Waals surface area contributed by atoms with Crippen molar-refractivity contribution in [2.75, 3.05) is 31.1 Å². The van der Waals surface area contributed by atoms with Gasteiger partial charge in [0.25, 0.3) is 0 Å². The number of benzene rings is 1. The highest BCUT2D eigenvalue weighted by Gasteiger charge is 2.29. The lowest BCUT2D eigenvalue weighted by Gasteiger charge is -2.34. The van der Waals surface area contributed by atoms with E-state index in [-0.39, 0.29) is 4.90 Å². The summed E-state index contributed by atoms with van der Waals surface area (Å²) >= 11 is 0. The van der Waals surface area contributed by atoms with Gasteiger partial charge in [-0.2, -0.15) is 9.40 Å². The molecule has 3 aromatic heterocycles. The summed E-state index contributed by atoms with van der Waals surface area (Å²) in [6.45, 7) is 5.48. The van der Waals surface area contributed by atoms with Gasteiger partial charge in [-0.1, -0.05) is 12.1 Å². The summed E-state index contributed by atoms with van der Waals surface area (Å²) in [6.07, 6.45) is 4.91. The van der Waals surface area contributed by atoms with E-state index in [0.717, 1.165) is 17.1 Å². The maximum atomic E-state index is 13.2. The van der Waals surface area contributed by atoms with E-state index in [0.29, 0.717) is 43.6 Å². The van der Waals surface area contributed by atoms with Gasteiger partial charge in [0.15, 0.2) is 11.7 Å². The van der Waals surface area contributed by atoms with Crippen LogP contribution in [0.15, 0.2) is 64.5 Å². The second-order valence-electron chi connectivity index (χ2n) is 7.80. The van der Waals surface area contributed by atoms with Crippen molar-refractivity contribution in [3.8, 4) is 17.1 Å². The van der Waals surface area contributed by atoms with Crippen LogP contribution in [0.5, 0.6) is 0 Å². The van der Waals surface area contributed by atoms with Crippen molar-refractivity contribution >= 4 is 15.8 Å². The third-order valence-electron chi connectivity index (χ3n) is 5.56. The van der Waals surface area contributed by atoms with Crippen molar-refractivity contribution in [2.24, 2.45) is 0 Å². The number of aromatic nitrogens is 5. The summed E-state index contributed by atoms with van der Waals surface area (Å²) < 4.78 is 34.8. The molecule has 170 valence electrons. The van der Waals surface area contributed by atoms with Gasteiger partial charge in [0, 0.05) is 50.9 Å². The molecule has 4 aromatic rings. The van der Waals surface area contributed by atoms with Gasteiger partial charge in [-0.15, -0.1) is 0 Å². The molecule has 10 nitrogen and oxygen atoms in total. The van der Waals surface area contributed by atoms with Crippen LogP contribution in [0.3, 0.4) is 0 Å². The molecule has 0 aliphatic carbocycles. The molecule has 0 spiro atoms. The first kappa shape index (κ1) is 21.3. The first-order valence-corrected chi connectivity index (χ1v) is 12.0. The third kappa shape index (κ3) is 4.24. The lowest BCUT2D eigenvalue weighted by Crippen LogP contribution is -2.48. The summed E-state index contributed by atoms with van der Waals surface area (Å²) in [7, 11) is -3.59. The first-order valence-electron chi connectivity index (χ1n) is 10.5. The van der Waals surface area contributed by atoms with Crippen LogP contribution in [0.25, 0.3) is 17.1 Å². The average molecular weight is 466 g/mol. The van der Waals surface area contributed by atoms with Crippen LogP contribution >= 0.6 is 0 Å². The summed E-state index contributed by atoms with van der Waals surface area (Å²) in [5, 5.41) is 4.38. The Labute approximate surface area is 191 Å². The number of anilines is 1. The fourth-order valence-corrected chi connectivity index (χ4v) is 5.20. The highest BCUT2D eigenvalue weighted by molar-refractivity contribution is 7.89. The van der Waals surface area contributed by atoms with E-state index < -0.39 is 10.0 Å². The van der Waals surface area contributed by atoms with Gasteiger partial charge in [0.1, 0.15) is 24.1 Å². The molecule has 0 saturated carbocycles. The molecule has 0 N–H and O–H groups in total. The predicted octanol–water partition coefficient (Wildman–Crippen LogP) is 2.45. The van der Waals surface area contributed by atoms with Crippen molar-refractivity contribution in [2.45, 2.75) is 18.7 Å². The van der Waals surface area contributed by atoms with Crippen molar-refractivity contribution < 1.29 is 12.8 Å². The number of sulfonamides is 1. The molecule has 0 atom stereocenters. The van der Waals surface area contributed by atoms with Crippen molar-refractivity contribution in [3.05, 3.63) is 66.8 Å². The summed E-state index contributed by atoms with van der Waals surface area (Å²) in [5.74, 6) is 1.98. The zero-order valence-corrected chi connectivity index (χ0v) is 19.1. The van der Waals surface area contributed by atoms with E-state index in [1.807, 2.05) is 25.3 Å². The smallest absolute Gasteiger partial charge is 0.243 e. The van der Waals surface area contributed by atoms with Crippen molar-refractivity contribution in [1.82, 2.24) is 29.0 Å². The monoisotopic (exact) mass is 465 g/mol. The fourth-order valence-electron chi connectivity index (χ4n) is 3.78. The van der Waals surface area contributed by atoms with Gasteiger partial charge in [-0.05, 0) is 25.1 Å². The van der Waals surface area contributed by atoms with Crippen LogP contribution < -0.4 is 4.90 Å². The number of oxazole rings is 1. The van der Waals surface area contributed by atoms with E-state index in [4.69, 9.17) is 4.42 Å². The van der Waals surface area contributed by atoms with Crippen LogP contribution in [0.2, 0.25) is 0 Å². The van der Waals surface area contributed by atoms with Crippen LogP contribution in [0.1, 0.15) is 11.6 Å². The Bertz CT molecular complexity index is 1370. The molecule has 4 heterocycles. The quantitative estimate of drug-likeness (QED) is 0.442. The second kappa shape index (κ2) is 8.41. The molecule has 0 bridgehead atoms. The van der Waals surface area contributed by atoms with E-state index in [9.17, 15) is 8.42 Å². The number of aryl methyl sites for hydroxylation is 2. The molecule has 0 amide bonds. The highest BCUT2D eigenvalue weighted by Crippen LogP contribution is 2.24. The fraction of sp³-hybridized carbons (Fsp3) is 0.273. The number of piperazine rings is 1. The topological polar surface area (TPSA) is 110 Å². The molecule has 0 unspecified atom stereocenters. The third-order valence-corrected chi connectivity index (χ3v) is 7.48. The van der Waals surface area contributed by atoms with Crippen LogP contribution in [0.4, 0.5) is 5.82 Å². The number of hydrogen-bond donors (Lipinski definition) is 0. The van der Waals surface area contributed by atoms with Crippen molar-refractivity contribution in [3.63, 3.8) is 0 Å². The van der Waals surface area contributed by atoms with Gasteiger partial charge in [0.05, 0.1) is 10.6 Å².